The van der Waals surface area contributed by atoms with Crippen LogP contribution in [0, 0.1) is 6.92 Å². The summed E-state index contributed by atoms with van der Waals surface area (Å²) < 4.78 is 0. The third-order valence-corrected chi connectivity index (χ3v) is 3.13. The zero-order valence-electron chi connectivity index (χ0n) is 11.6. The molecule has 1 rings (SSSR count). The van der Waals surface area contributed by atoms with Crippen LogP contribution in [0.25, 0.3) is 0 Å². The van der Waals surface area contributed by atoms with Gasteiger partial charge in [-0.05, 0) is 37.3 Å². The molecule has 1 aromatic rings. The molecule has 0 radical (unpaired) electrons. The normalized spacial score (nSPS) is 14.0. The molecule has 0 aromatic heterocycles. The van der Waals surface area contributed by atoms with E-state index in [1.165, 1.54) is 11.1 Å². The molecule has 0 aliphatic rings. The Bertz CT molecular complexity index is 388. The van der Waals surface area contributed by atoms with Crippen molar-refractivity contribution in [2.24, 2.45) is 5.73 Å². The smallest absolute Gasteiger partial charge is 0.220 e. The van der Waals surface area contributed by atoms with Crippen LogP contribution in [0.5, 0.6) is 0 Å². The van der Waals surface area contributed by atoms with Gasteiger partial charge in [0.05, 0.1) is 0 Å². The number of nitrogens with one attached hydrogen (secondary N) is 1. The van der Waals surface area contributed by atoms with E-state index in [-0.39, 0.29) is 17.9 Å². The molecular formula is C15H24N2O. The zero-order valence-corrected chi connectivity index (χ0v) is 11.6. The Labute approximate surface area is 110 Å². The SMILES string of the molecule is Cc1ccccc1C(C)CC(=O)NCCC(C)N. The van der Waals surface area contributed by atoms with Crippen molar-refractivity contribution in [2.75, 3.05) is 6.54 Å². The number of carbonyl (C=O) groups is 1. The van der Waals surface area contributed by atoms with Crippen molar-refractivity contribution in [3.63, 3.8) is 0 Å². The van der Waals surface area contributed by atoms with Crippen LogP contribution >= 0.6 is 0 Å². The summed E-state index contributed by atoms with van der Waals surface area (Å²) in [5.74, 6) is 0.355. The van der Waals surface area contributed by atoms with Crippen molar-refractivity contribution in [3.8, 4) is 0 Å². The van der Waals surface area contributed by atoms with Crippen LogP contribution in [0.3, 0.4) is 0 Å². The largest absolute Gasteiger partial charge is 0.356 e. The highest BCUT2D eigenvalue weighted by Crippen LogP contribution is 2.21. The van der Waals surface area contributed by atoms with Gasteiger partial charge in [0, 0.05) is 19.0 Å². The molecule has 1 aromatic carbocycles. The summed E-state index contributed by atoms with van der Waals surface area (Å²) in [7, 11) is 0. The van der Waals surface area contributed by atoms with Gasteiger partial charge in [-0.25, -0.2) is 0 Å². The summed E-state index contributed by atoms with van der Waals surface area (Å²) in [4.78, 5) is 11.8. The van der Waals surface area contributed by atoms with Crippen LogP contribution in [-0.2, 0) is 4.79 Å². The van der Waals surface area contributed by atoms with Gasteiger partial charge in [-0.3, -0.25) is 4.79 Å². The van der Waals surface area contributed by atoms with E-state index in [0.717, 1.165) is 6.42 Å². The molecule has 3 N–H and O–H groups in total. The molecule has 100 valence electrons. The number of hydrogen-bond acceptors (Lipinski definition) is 2. The van der Waals surface area contributed by atoms with Gasteiger partial charge >= 0.3 is 0 Å². The lowest BCUT2D eigenvalue weighted by atomic mass is 9.93. The summed E-state index contributed by atoms with van der Waals surface area (Å²) in [5, 5.41) is 2.92. The maximum absolute atomic E-state index is 11.8. The quantitative estimate of drug-likeness (QED) is 0.812. The molecule has 3 heteroatoms. The van der Waals surface area contributed by atoms with Gasteiger partial charge in [-0.2, -0.15) is 0 Å². The fraction of sp³-hybridized carbons (Fsp3) is 0.533. The number of amides is 1. The average Bonchev–Trinajstić information content (AvgIpc) is 2.28. The molecule has 3 nitrogen and oxygen atoms in total. The molecule has 2 atom stereocenters. The van der Waals surface area contributed by atoms with Gasteiger partial charge in [0.15, 0.2) is 0 Å². The molecule has 0 aliphatic carbocycles. The van der Waals surface area contributed by atoms with E-state index in [2.05, 4.69) is 31.3 Å². The van der Waals surface area contributed by atoms with E-state index < -0.39 is 0 Å². The first-order valence-electron chi connectivity index (χ1n) is 6.58. The van der Waals surface area contributed by atoms with Gasteiger partial charge < -0.3 is 11.1 Å². The Kier molecular flexibility index (Phi) is 5.86. The average molecular weight is 248 g/mol. The molecule has 0 saturated heterocycles. The van der Waals surface area contributed by atoms with Crippen molar-refractivity contribution in [2.45, 2.75) is 45.6 Å². The topological polar surface area (TPSA) is 55.1 Å². The molecule has 18 heavy (non-hydrogen) atoms. The number of aryl methyl sites for hydroxylation is 1. The minimum atomic E-state index is 0.103. The number of benzene rings is 1. The van der Waals surface area contributed by atoms with Crippen molar-refractivity contribution in [3.05, 3.63) is 35.4 Å². The highest BCUT2D eigenvalue weighted by Gasteiger charge is 2.12. The lowest BCUT2D eigenvalue weighted by Gasteiger charge is -2.14. The highest BCUT2D eigenvalue weighted by molar-refractivity contribution is 5.76. The van der Waals surface area contributed by atoms with Crippen LogP contribution in [0.4, 0.5) is 0 Å². The van der Waals surface area contributed by atoms with Crippen LogP contribution in [0.15, 0.2) is 24.3 Å². The van der Waals surface area contributed by atoms with Gasteiger partial charge in [0.25, 0.3) is 0 Å². The monoisotopic (exact) mass is 248 g/mol. The summed E-state index contributed by atoms with van der Waals surface area (Å²) in [6.07, 6.45) is 1.36. The Morgan fingerprint density at radius 3 is 2.61 bits per heavy atom. The Balaban J connectivity index is 2.42. The van der Waals surface area contributed by atoms with Crippen LogP contribution in [0.2, 0.25) is 0 Å². The third kappa shape index (κ3) is 4.88. The predicted octanol–water partition coefficient (Wildman–Crippen LogP) is 2.34. The van der Waals surface area contributed by atoms with Gasteiger partial charge in [-0.15, -0.1) is 0 Å². The first-order valence-corrected chi connectivity index (χ1v) is 6.58. The number of nitrogens with two attached hydrogens (primary N) is 1. The lowest BCUT2D eigenvalue weighted by molar-refractivity contribution is -0.121. The molecule has 0 spiro atoms. The maximum Gasteiger partial charge on any atom is 0.220 e. The highest BCUT2D eigenvalue weighted by atomic mass is 16.1. The van der Waals surface area contributed by atoms with Crippen LogP contribution in [0.1, 0.15) is 43.7 Å². The Hall–Kier alpha value is -1.35. The third-order valence-electron chi connectivity index (χ3n) is 3.13. The van der Waals surface area contributed by atoms with E-state index >= 15 is 0 Å². The standard InChI is InChI=1S/C15H24N2O/c1-11-6-4-5-7-14(11)12(2)10-15(18)17-9-8-13(3)16/h4-7,12-13H,8-10,16H2,1-3H3,(H,17,18). The second-order valence-corrected chi connectivity index (χ2v) is 5.08. The Morgan fingerprint density at radius 2 is 2.00 bits per heavy atom. The van der Waals surface area contributed by atoms with Crippen molar-refractivity contribution < 1.29 is 4.79 Å². The van der Waals surface area contributed by atoms with E-state index in [4.69, 9.17) is 5.73 Å². The number of carbonyl (C=O) groups excluding carboxylic acids is 1. The summed E-state index contributed by atoms with van der Waals surface area (Å²) in [6.45, 7) is 6.78. The maximum atomic E-state index is 11.8. The summed E-state index contributed by atoms with van der Waals surface area (Å²) >= 11 is 0. The first-order chi connectivity index (χ1) is 8.50. The predicted molar refractivity (Wildman–Crippen MR) is 75.5 cm³/mol. The van der Waals surface area contributed by atoms with Gasteiger partial charge in [0.2, 0.25) is 5.91 Å². The van der Waals surface area contributed by atoms with E-state index in [1.54, 1.807) is 0 Å². The molecule has 0 heterocycles. The number of hydrogen-bond donors (Lipinski definition) is 2. The summed E-state index contributed by atoms with van der Waals surface area (Å²) in [6, 6.07) is 8.36. The molecule has 0 fully saturated rings. The molecule has 1 amide bonds. The van der Waals surface area contributed by atoms with E-state index in [0.29, 0.717) is 13.0 Å². The first kappa shape index (κ1) is 14.7. The van der Waals surface area contributed by atoms with Crippen molar-refractivity contribution >= 4 is 5.91 Å². The minimum Gasteiger partial charge on any atom is -0.356 e. The molecule has 0 saturated carbocycles. The minimum absolute atomic E-state index is 0.103. The van der Waals surface area contributed by atoms with E-state index in [9.17, 15) is 4.79 Å². The fourth-order valence-electron chi connectivity index (χ4n) is 2.04. The number of rotatable bonds is 6. The Morgan fingerprint density at radius 1 is 1.33 bits per heavy atom. The molecule has 0 aliphatic heterocycles. The van der Waals surface area contributed by atoms with Gasteiger partial charge in [0.1, 0.15) is 0 Å². The molecular weight excluding hydrogens is 224 g/mol. The fourth-order valence-corrected chi connectivity index (χ4v) is 2.04. The second-order valence-electron chi connectivity index (χ2n) is 5.08. The van der Waals surface area contributed by atoms with Gasteiger partial charge in [-0.1, -0.05) is 31.2 Å². The summed E-state index contributed by atoms with van der Waals surface area (Å²) in [5.41, 5.74) is 8.13. The molecule has 2 unspecified atom stereocenters. The zero-order chi connectivity index (χ0) is 13.5. The molecule has 0 bridgehead atoms. The van der Waals surface area contributed by atoms with Crippen molar-refractivity contribution in [1.82, 2.24) is 5.32 Å². The van der Waals surface area contributed by atoms with Crippen LogP contribution < -0.4 is 11.1 Å². The lowest BCUT2D eigenvalue weighted by Crippen LogP contribution is -2.29. The van der Waals surface area contributed by atoms with Crippen LogP contribution in [-0.4, -0.2) is 18.5 Å². The second kappa shape index (κ2) is 7.17. The van der Waals surface area contributed by atoms with Crippen molar-refractivity contribution in [1.29, 1.82) is 0 Å². The van der Waals surface area contributed by atoms with E-state index in [1.807, 2.05) is 19.1 Å².